The molecule has 0 spiro atoms. The maximum Gasteiger partial charge on any atom is 0.243 e. The highest BCUT2D eigenvalue weighted by molar-refractivity contribution is 7.89. The highest BCUT2D eigenvalue weighted by Crippen LogP contribution is 2.23. The van der Waals surface area contributed by atoms with Gasteiger partial charge in [0.25, 0.3) is 0 Å². The third kappa shape index (κ3) is 4.42. The van der Waals surface area contributed by atoms with E-state index in [4.69, 9.17) is 11.6 Å². The van der Waals surface area contributed by atoms with Crippen LogP contribution >= 0.6 is 11.6 Å². The molecule has 3 rings (SSSR count). The van der Waals surface area contributed by atoms with Gasteiger partial charge in [0.15, 0.2) is 0 Å². The van der Waals surface area contributed by atoms with E-state index in [9.17, 15) is 8.42 Å². The SMILES string of the molecule is Cc1ccc(S(=O)(=O)N2CCN(CCc3ccccc3)CC2)cc1Cl. The summed E-state index contributed by atoms with van der Waals surface area (Å²) in [7, 11) is -3.47. The molecule has 1 aliphatic rings. The fourth-order valence-electron chi connectivity index (χ4n) is 3.01. The monoisotopic (exact) mass is 378 g/mol. The second-order valence-corrected chi connectivity index (χ2v) is 8.74. The molecule has 134 valence electrons. The summed E-state index contributed by atoms with van der Waals surface area (Å²) in [5, 5.41) is 0.488. The summed E-state index contributed by atoms with van der Waals surface area (Å²) < 4.78 is 27.1. The van der Waals surface area contributed by atoms with Gasteiger partial charge in [-0.05, 0) is 36.6 Å². The van der Waals surface area contributed by atoms with Crippen molar-refractivity contribution in [3.63, 3.8) is 0 Å². The molecule has 0 radical (unpaired) electrons. The summed E-state index contributed by atoms with van der Waals surface area (Å²) in [6, 6.07) is 15.3. The number of sulfonamides is 1. The molecule has 2 aromatic carbocycles. The molecule has 1 saturated heterocycles. The van der Waals surface area contributed by atoms with E-state index in [0.717, 1.165) is 31.6 Å². The Kier molecular flexibility index (Phi) is 5.79. The summed E-state index contributed by atoms with van der Waals surface area (Å²) in [6.07, 6.45) is 0.987. The van der Waals surface area contributed by atoms with Gasteiger partial charge in [0.1, 0.15) is 0 Å². The fourth-order valence-corrected chi connectivity index (χ4v) is 4.70. The summed E-state index contributed by atoms with van der Waals surface area (Å²) in [5.74, 6) is 0. The van der Waals surface area contributed by atoms with Gasteiger partial charge in [0.2, 0.25) is 10.0 Å². The van der Waals surface area contributed by atoms with Gasteiger partial charge in [-0.15, -0.1) is 0 Å². The van der Waals surface area contributed by atoms with E-state index in [1.54, 1.807) is 22.5 Å². The van der Waals surface area contributed by atoms with Crippen molar-refractivity contribution in [3.8, 4) is 0 Å². The summed E-state index contributed by atoms with van der Waals surface area (Å²) >= 11 is 6.09. The Morgan fingerprint density at radius 3 is 2.32 bits per heavy atom. The number of nitrogens with zero attached hydrogens (tertiary/aromatic N) is 2. The fraction of sp³-hybridized carbons (Fsp3) is 0.368. The zero-order chi connectivity index (χ0) is 17.9. The van der Waals surface area contributed by atoms with E-state index in [-0.39, 0.29) is 4.90 Å². The Bertz CT molecular complexity index is 817. The second-order valence-electron chi connectivity index (χ2n) is 6.39. The molecular formula is C19H23ClN2O2S. The maximum atomic E-state index is 12.8. The van der Waals surface area contributed by atoms with Crippen LogP contribution in [0.1, 0.15) is 11.1 Å². The van der Waals surface area contributed by atoms with Crippen molar-refractivity contribution < 1.29 is 8.42 Å². The van der Waals surface area contributed by atoms with Crippen LogP contribution in [0.2, 0.25) is 5.02 Å². The normalized spacial score (nSPS) is 16.9. The molecule has 0 bridgehead atoms. The minimum atomic E-state index is -3.47. The molecular weight excluding hydrogens is 356 g/mol. The Morgan fingerprint density at radius 2 is 1.68 bits per heavy atom. The second kappa shape index (κ2) is 7.87. The van der Waals surface area contributed by atoms with E-state index in [0.29, 0.717) is 18.1 Å². The Hall–Kier alpha value is -1.40. The molecule has 1 aliphatic heterocycles. The predicted molar refractivity (Wildman–Crippen MR) is 102 cm³/mol. The molecule has 6 heteroatoms. The van der Waals surface area contributed by atoms with Crippen LogP contribution in [-0.2, 0) is 16.4 Å². The molecule has 0 amide bonds. The number of rotatable bonds is 5. The zero-order valence-corrected chi connectivity index (χ0v) is 15.9. The predicted octanol–water partition coefficient (Wildman–Crippen LogP) is 3.20. The number of hydrogen-bond acceptors (Lipinski definition) is 3. The van der Waals surface area contributed by atoms with Gasteiger partial charge in [-0.2, -0.15) is 4.31 Å². The third-order valence-corrected chi connectivity index (χ3v) is 6.97. The largest absolute Gasteiger partial charge is 0.300 e. The molecule has 0 atom stereocenters. The van der Waals surface area contributed by atoms with Gasteiger partial charge in [-0.1, -0.05) is 48.0 Å². The molecule has 0 unspecified atom stereocenters. The van der Waals surface area contributed by atoms with Crippen LogP contribution in [0.3, 0.4) is 0 Å². The zero-order valence-electron chi connectivity index (χ0n) is 14.4. The van der Waals surface area contributed by atoms with Gasteiger partial charge in [-0.25, -0.2) is 8.42 Å². The number of halogens is 1. The Morgan fingerprint density at radius 1 is 1.00 bits per heavy atom. The van der Waals surface area contributed by atoms with Gasteiger partial charge >= 0.3 is 0 Å². The molecule has 0 aromatic heterocycles. The first-order valence-electron chi connectivity index (χ1n) is 8.49. The summed E-state index contributed by atoms with van der Waals surface area (Å²) in [5.41, 5.74) is 2.19. The average molecular weight is 379 g/mol. The van der Waals surface area contributed by atoms with Gasteiger partial charge in [-0.3, -0.25) is 0 Å². The van der Waals surface area contributed by atoms with Crippen molar-refractivity contribution in [1.82, 2.24) is 9.21 Å². The van der Waals surface area contributed by atoms with Gasteiger partial charge < -0.3 is 4.90 Å². The molecule has 1 heterocycles. The molecule has 25 heavy (non-hydrogen) atoms. The smallest absolute Gasteiger partial charge is 0.243 e. The highest BCUT2D eigenvalue weighted by atomic mass is 35.5. The molecule has 1 fully saturated rings. The molecule has 0 aliphatic carbocycles. The lowest BCUT2D eigenvalue weighted by molar-refractivity contribution is 0.190. The van der Waals surface area contributed by atoms with Crippen molar-refractivity contribution in [2.24, 2.45) is 0 Å². The number of benzene rings is 2. The average Bonchev–Trinajstić information content (AvgIpc) is 2.63. The Balaban J connectivity index is 1.58. The first-order valence-corrected chi connectivity index (χ1v) is 10.3. The number of piperazine rings is 1. The number of hydrogen-bond donors (Lipinski definition) is 0. The maximum absolute atomic E-state index is 12.8. The third-order valence-electron chi connectivity index (χ3n) is 4.67. The molecule has 4 nitrogen and oxygen atoms in total. The Labute approximate surface area is 155 Å². The van der Waals surface area contributed by atoms with E-state index >= 15 is 0 Å². The van der Waals surface area contributed by atoms with Gasteiger partial charge in [0.05, 0.1) is 4.90 Å². The van der Waals surface area contributed by atoms with Crippen LogP contribution in [-0.4, -0.2) is 50.3 Å². The minimum Gasteiger partial charge on any atom is -0.300 e. The topological polar surface area (TPSA) is 40.6 Å². The summed E-state index contributed by atoms with van der Waals surface area (Å²) in [6.45, 7) is 5.36. The van der Waals surface area contributed by atoms with E-state index in [1.165, 1.54) is 5.56 Å². The lowest BCUT2D eigenvalue weighted by Crippen LogP contribution is -2.49. The molecule has 0 saturated carbocycles. The quantitative estimate of drug-likeness (QED) is 0.802. The first-order chi connectivity index (χ1) is 12.0. The summed E-state index contributed by atoms with van der Waals surface area (Å²) in [4.78, 5) is 2.60. The minimum absolute atomic E-state index is 0.279. The lowest BCUT2D eigenvalue weighted by Gasteiger charge is -2.34. The van der Waals surface area contributed by atoms with E-state index < -0.39 is 10.0 Å². The van der Waals surface area contributed by atoms with Crippen LogP contribution in [0, 0.1) is 6.92 Å². The van der Waals surface area contributed by atoms with Crippen LogP contribution in [0.15, 0.2) is 53.4 Å². The van der Waals surface area contributed by atoms with Crippen molar-refractivity contribution in [1.29, 1.82) is 0 Å². The van der Waals surface area contributed by atoms with Crippen molar-refractivity contribution in [2.75, 3.05) is 32.7 Å². The van der Waals surface area contributed by atoms with Crippen LogP contribution in [0.25, 0.3) is 0 Å². The van der Waals surface area contributed by atoms with Gasteiger partial charge in [0, 0.05) is 37.7 Å². The standard InChI is InChI=1S/C19H23ClN2O2S/c1-16-7-8-18(15-19(16)20)25(23,24)22-13-11-21(12-14-22)10-9-17-5-3-2-4-6-17/h2-8,15H,9-14H2,1H3. The highest BCUT2D eigenvalue weighted by Gasteiger charge is 2.28. The van der Waals surface area contributed by atoms with Crippen LogP contribution < -0.4 is 0 Å². The number of aryl methyl sites for hydroxylation is 1. The first kappa shape index (κ1) is 18.4. The van der Waals surface area contributed by atoms with Crippen molar-refractivity contribution in [2.45, 2.75) is 18.2 Å². The lowest BCUT2D eigenvalue weighted by atomic mass is 10.1. The van der Waals surface area contributed by atoms with Crippen molar-refractivity contribution >= 4 is 21.6 Å². The van der Waals surface area contributed by atoms with Crippen LogP contribution in [0.5, 0.6) is 0 Å². The van der Waals surface area contributed by atoms with E-state index in [2.05, 4.69) is 17.0 Å². The van der Waals surface area contributed by atoms with Crippen LogP contribution in [0.4, 0.5) is 0 Å². The van der Waals surface area contributed by atoms with E-state index in [1.807, 2.05) is 25.1 Å². The molecule has 2 aromatic rings. The molecule has 0 N–H and O–H groups in total. The van der Waals surface area contributed by atoms with Crippen molar-refractivity contribution in [3.05, 3.63) is 64.7 Å².